The molecule has 0 fully saturated rings. The van der Waals surface area contributed by atoms with Crippen molar-refractivity contribution in [1.82, 2.24) is 10.3 Å². The minimum Gasteiger partial charge on any atom is -0.397 e. The van der Waals surface area contributed by atoms with Gasteiger partial charge in [-0.05, 0) is 13.0 Å². The summed E-state index contributed by atoms with van der Waals surface area (Å²) >= 11 is 0. The number of nitrogens with two attached hydrogens (primary N) is 1. The fourth-order valence-corrected chi connectivity index (χ4v) is 1.24. The summed E-state index contributed by atoms with van der Waals surface area (Å²) in [5.74, 6) is -0.603. The highest BCUT2D eigenvalue weighted by molar-refractivity contribution is 5.93. The van der Waals surface area contributed by atoms with Crippen LogP contribution in [-0.2, 0) is 0 Å². The summed E-state index contributed by atoms with van der Waals surface area (Å²) in [4.78, 5) is 13.9. The number of amides is 1. The zero-order valence-electron chi connectivity index (χ0n) is 8.56. The second-order valence-corrected chi connectivity index (χ2v) is 3.54. The zero-order valence-corrected chi connectivity index (χ0v) is 8.56. The van der Waals surface area contributed by atoms with E-state index in [0.717, 1.165) is 0 Å². The monoisotopic (exact) mass is 235 g/mol. The molecule has 0 radical (unpaired) electrons. The van der Waals surface area contributed by atoms with E-state index in [0.29, 0.717) is 5.69 Å². The van der Waals surface area contributed by atoms with Crippen molar-refractivity contribution in [3.8, 4) is 0 Å². The van der Waals surface area contributed by atoms with Crippen molar-refractivity contribution in [3.05, 3.63) is 18.0 Å². The highest BCUT2D eigenvalue weighted by Crippen LogP contribution is 2.21. The second kappa shape index (κ2) is 4.46. The lowest BCUT2D eigenvalue weighted by atomic mass is 10.2. The summed E-state index contributed by atoms with van der Waals surface area (Å²) in [6.07, 6.45) is -3.96. The van der Waals surface area contributed by atoms with E-state index < -0.39 is 24.5 Å². The van der Waals surface area contributed by atoms with Crippen LogP contribution in [-0.4, -0.2) is 23.1 Å². The van der Waals surface area contributed by atoms with Gasteiger partial charge in [-0.2, -0.15) is 13.2 Å². The number of alkyl halides is 3. The Balaban J connectivity index is 2.52. The van der Waals surface area contributed by atoms with Crippen molar-refractivity contribution in [2.24, 2.45) is 0 Å². The molecule has 4 nitrogen and oxygen atoms in total. The minimum absolute atomic E-state index is 0.145. The van der Waals surface area contributed by atoms with Crippen LogP contribution < -0.4 is 11.1 Å². The summed E-state index contributed by atoms with van der Waals surface area (Å²) in [6.45, 7) is 1.29. The van der Waals surface area contributed by atoms with Gasteiger partial charge in [0.2, 0.25) is 0 Å². The molecule has 7 heteroatoms. The van der Waals surface area contributed by atoms with Gasteiger partial charge >= 0.3 is 6.18 Å². The van der Waals surface area contributed by atoms with Crippen LogP contribution in [0.1, 0.15) is 23.8 Å². The fourth-order valence-electron chi connectivity index (χ4n) is 1.24. The third-order valence-corrected chi connectivity index (χ3v) is 1.87. The van der Waals surface area contributed by atoms with Crippen LogP contribution in [0.15, 0.2) is 12.3 Å². The molecule has 0 aromatic carbocycles. The Morgan fingerprint density at radius 1 is 1.62 bits per heavy atom. The van der Waals surface area contributed by atoms with E-state index in [4.69, 9.17) is 5.73 Å². The Morgan fingerprint density at radius 3 is 2.69 bits per heavy atom. The lowest BCUT2D eigenvalue weighted by molar-refractivity contribution is -0.138. The van der Waals surface area contributed by atoms with Crippen LogP contribution in [0.5, 0.6) is 0 Å². The van der Waals surface area contributed by atoms with Gasteiger partial charge in [-0.15, -0.1) is 0 Å². The predicted molar refractivity (Wildman–Crippen MR) is 52.8 cm³/mol. The molecular formula is C9H12F3N3O. The van der Waals surface area contributed by atoms with Crippen molar-refractivity contribution in [1.29, 1.82) is 0 Å². The molecule has 1 aromatic rings. The molecule has 1 heterocycles. The van der Waals surface area contributed by atoms with Crippen molar-refractivity contribution >= 4 is 11.6 Å². The van der Waals surface area contributed by atoms with E-state index in [2.05, 4.69) is 10.3 Å². The third kappa shape index (κ3) is 3.84. The number of nitrogen functional groups attached to an aromatic ring is 1. The molecule has 90 valence electrons. The molecule has 0 saturated carbocycles. The Kier molecular flexibility index (Phi) is 3.46. The van der Waals surface area contributed by atoms with E-state index in [1.807, 2.05) is 0 Å². The lowest BCUT2D eigenvalue weighted by Gasteiger charge is -2.15. The molecule has 0 aliphatic rings. The van der Waals surface area contributed by atoms with Crippen LogP contribution in [0.2, 0.25) is 0 Å². The first-order valence-electron chi connectivity index (χ1n) is 4.59. The van der Waals surface area contributed by atoms with Gasteiger partial charge in [0.05, 0.1) is 6.42 Å². The van der Waals surface area contributed by atoms with E-state index in [1.165, 1.54) is 19.2 Å². The average Bonchev–Trinajstić information content (AvgIpc) is 2.47. The van der Waals surface area contributed by atoms with Gasteiger partial charge in [0, 0.05) is 17.9 Å². The van der Waals surface area contributed by atoms with Crippen molar-refractivity contribution in [2.45, 2.75) is 25.6 Å². The van der Waals surface area contributed by atoms with Gasteiger partial charge in [0.15, 0.2) is 0 Å². The zero-order chi connectivity index (χ0) is 12.3. The van der Waals surface area contributed by atoms with Crippen LogP contribution in [0.3, 0.4) is 0 Å². The summed E-state index contributed by atoms with van der Waals surface area (Å²) in [6, 6.07) is 0.382. The normalized spacial score (nSPS) is 13.5. The number of carbonyl (C=O) groups is 1. The molecule has 1 amide bonds. The Hall–Kier alpha value is -1.66. The fraction of sp³-hybridized carbons (Fsp3) is 0.444. The summed E-state index contributed by atoms with van der Waals surface area (Å²) in [7, 11) is 0. The molecule has 16 heavy (non-hydrogen) atoms. The smallest absolute Gasteiger partial charge is 0.391 e. The van der Waals surface area contributed by atoms with Crippen LogP contribution in [0.4, 0.5) is 18.9 Å². The molecule has 4 N–H and O–H groups in total. The third-order valence-electron chi connectivity index (χ3n) is 1.87. The first-order valence-corrected chi connectivity index (χ1v) is 4.59. The van der Waals surface area contributed by atoms with Crippen molar-refractivity contribution in [3.63, 3.8) is 0 Å². The van der Waals surface area contributed by atoms with E-state index in [9.17, 15) is 18.0 Å². The number of nitrogens with one attached hydrogen (secondary N) is 2. The Morgan fingerprint density at radius 2 is 2.25 bits per heavy atom. The number of H-pyrrole nitrogens is 1. The predicted octanol–water partition coefficient (Wildman–Crippen LogP) is 1.67. The van der Waals surface area contributed by atoms with Gasteiger partial charge < -0.3 is 16.0 Å². The largest absolute Gasteiger partial charge is 0.397 e. The first kappa shape index (κ1) is 12.4. The summed E-state index contributed by atoms with van der Waals surface area (Å²) < 4.78 is 36.0. The molecule has 1 unspecified atom stereocenters. The van der Waals surface area contributed by atoms with Gasteiger partial charge in [-0.3, -0.25) is 4.79 Å². The van der Waals surface area contributed by atoms with E-state index >= 15 is 0 Å². The maximum absolute atomic E-state index is 12.0. The van der Waals surface area contributed by atoms with Gasteiger partial charge in [-0.1, -0.05) is 0 Å². The summed E-state index contributed by atoms with van der Waals surface area (Å²) in [5.41, 5.74) is 5.86. The number of carbonyl (C=O) groups excluding carboxylic acids is 1. The second-order valence-electron chi connectivity index (χ2n) is 3.54. The van der Waals surface area contributed by atoms with Crippen molar-refractivity contribution in [2.75, 3.05) is 5.73 Å². The van der Waals surface area contributed by atoms with Gasteiger partial charge in [0.1, 0.15) is 5.69 Å². The molecule has 0 spiro atoms. The van der Waals surface area contributed by atoms with Gasteiger partial charge in [0.25, 0.3) is 5.91 Å². The maximum Gasteiger partial charge on any atom is 0.391 e. The van der Waals surface area contributed by atoms with Crippen LogP contribution >= 0.6 is 0 Å². The SMILES string of the molecule is CC(CC(F)(F)F)NC(=O)c1cc(N)c[nH]1. The number of anilines is 1. The lowest BCUT2D eigenvalue weighted by Crippen LogP contribution is -2.36. The molecule has 0 aliphatic heterocycles. The van der Waals surface area contributed by atoms with E-state index in [1.54, 1.807) is 0 Å². The van der Waals surface area contributed by atoms with Crippen LogP contribution in [0.25, 0.3) is 0 Å². The number of hydrogen-bond donors (Lipinski definition) is 3. The topological polar surface area (TPSA) is 70.9 Å². The molecule has 1 atom stereocenters. The molecule has 1 aromatic heterocycles. The van der Waals surface area contributed by atoms with E-state index in [-0.39, 0.29) is 5.69 Å². The standard InChI is InChI=1S/C9H12F3N3O/c1-5(3-9(10,11)12)15-8(16)7-2-6(13)4-14-7/h2,4-5,14H,3,13H2,1H3,(H,15,16). The molecule has 0 saturated heterocycles. The van der Waals surface area contributed by atoms with Crippen molar-refractivity contribution < 1.29 is 18.0 Å². The molecule has 0 bridgehead atoms. The molecule has 0 aliphatic carbocycles. The highest BCUT2D eigenvalue weighted by atomic mass is 19.4. The quantitative estimate of drug-likeness (QED) is 0.745. The average molecular weight is 235 g/mol. The number of hydrogen-bond acceptors (Lipinski definition) is 2. The Labute approximate surface area is 90.0 Å². The number of rotatable bonds is 3. The number of aromatic nitrogens is 1. The molecular weight excluding hydrogens is 223 g/mol. The van der Waals surface area contributed by atoms with Crippen LogP contribution in [0, 0.1) is 0 Å². The highest BCUT2D eigenvalue weighted by Gasteiger charge is 2.30. The minimum atomic E-state index is -4.29. The molecule has 1 rings (SSSR count). The van der Waals surface area contributed by atoms with Gasteiger partial charge in [-0.25, -0.2) is 0 Å². The first-order chi connectivity index (χ1) is 7.28. The maximum atomic E-state index is 12.0. The number of aromatic amines is 1. The number of halogens is 3. The Bertz CT molecular complexity index is 372. The summed E-state index contributed by atoms with van der Waals surface area (Å²) in [5, 5.41) is 2.22.